The van der Waals surface area contributed by atoms with E-state index in [9.17, 15) is 8.78 Å². The van der Waals surface area contributed by atoms with Gasteiger partial charge in [0.05, 0.1) is 12.0 Å². The highest BCUT2D eigenvalue weighted by Crippen LogP contribution is 2.40. The van der Waals surface area contributed by atoms with Crippen LogP contribution >= 0.6 is 27.5 Å². The van der Waals surface area contributed by atoms with Gasteiger partial charge in [-0.25, -0.2) is 8.78 Å². The summed E-state index contributed by atoms with van der Waals surface area (Å²) in [6, 6.07) is 7.66. The molecule has 0 radical (unpaired) electrons. The lowest BCUT2D eigenvalue weighted by atomic mass is 10.00. The maximum Gasteiger partial charge on any atom is 0.129 e. The zero-order chi connectivity index (χ0) is 15.0. The molecule has 0 fully saturated rings. The number of hydrogen-bond donors (Lipinski definition) is 0. The van der Waals surface area contributed by atoms with Gasteiger partial charge in [0.1, 0.15) is 17.4 Å². The van der Waals surface area contributed by atoms with E-state index in [0.717, 1.165) is 27.8 Å². The van der Waals surface area contributed by atoms with Gasteiger partial charge in [-0.2, -0.15) is 0 Å². The molecule has 0 saturated carbocycles. The first-order chi connectivity index (χ1) is 10.1. The molecule has 0 aliphatic carbocycles. The Bertz CT molecular complexity index is 670. The molecule has 21 heavy (non-hydrogen) atoms. The van der Waals surface area contributed by atoms with Crippen LogP contribution in [0.3, 0.4) is 0 Å². The van der Waals surface area contributed by atoms with Crippen LogP contribution < -0.4 is 4.74 Å². The van der Waals surface area contributed by atoms with Gasteiger partial charge in [-0.1, -0.05) is 22.0 Å². The molecule has 5 heteroatoms. The molecule has 3 rings (SSSR count). The quantitative estimate of drug-likeness (QED) is 0.673. The zero-order valence-electron chi connectivity index (χ0n) is 11.0. The van der Waals surface area contributed by atoms with Crippen LogP contribution in [0.15, 0.2) is 34.8 Å². The highest BCUT2D eigenvalue weighted by atomic mass is 79.9. The molecule has 1 atom stereocenters. The highest BCUT2D eigenvalue weighted by Gasteiger charge is 2.24. The minimum atomic E-state index is -0.576. The van der Waals surface area contributed by atoms with E-state index in [-0.39, 0.29) is 12.0 Å². The fourth-order valence-electron chi connectivity index (χ4n) is 2.55. The van der Waals surface area contributed by atoms with Gasteiger partial charge < -0.3 is 4.74 Å². The summed E-state index contributed by atoms with van der Waals surface area (Å²) in [5.74, 6) is -0.406. The maximum atomic E-state index is 13.7. The van der Waals surface area contributed by atoms with Crippen LogP contribution in [-0.2, 0) is 12.8 Å². The predicted molar refractivity (Wildman–Crippen MR) is 82.0 cm³/mol. The molecule has 1 heterocycles. The molecule has 2 aromatic carbocycles. The average molecular weight is 374 g/mol. The van der Waals surface area contributed by atoms with Crippen molar-refractivity contribution in [1.82, 2.24) is 0 Å². The third kappa shape index (κ3) is 2.92. The van der Waals surface area contributed by atoms with Crippen molar-refractivity contribution in [2.45, 2.75) is 18.2 Å². The Kier molecular flexibility index (Phi) is 4.18. The minimum Gasteiger partial charge on any atom is -0.493 e. The molecule has 0 saturated heterocycles. The van der Waals surface area contributed by atoms with Crippen LogP contribution in [0.5, 0.6) is 5.75 Å². The monoisotopic (exact) mass is 372 g/mol. The van der Waals surface area contributed by atoms with Crippen molar-refractivity contribution in [1.29, 1.82) is 0 Å². The number of alkyl halides is 1. The van der Waals surface area contributed by atoms with Gasteiger partial charge in [0, 0.05) is 22.0 Å². The molecule has 0 amide bonds. The molecule has 1 nitrogen and oxygen atoms in total. The molecule has 0 aromatic heterocycles. The highest BCUT2D eigenvalue weighted by molar-refractivity contribution is 9.10. The van der Waals surface area contributed by atoms with Crippen LogP contribution in [-0.4, -0.2) is 6.61 Å². The van der Waals surface area contributed by atoms with Crippen LogP contribution in [0.2, 0.25) is 0 Å². The molecular formula is C16H12BrClF2O. The topological polar surface area (TPSA) is 9.23 Å². The SMILES string of the molecule is Fc1cccc(F)c1CC(Cl)c1cc(Br)cc2c1OCC2. The smallest absolute Gasteiger partial charge is 0.129 e. The normalized spacial score (nSPS) is 14.7. The fraction of sp³-hybridized carbons (Fsp3) is 0.250. The molecule has 1 aliphatic rings. The fourth-order valence-corrected chi connectivity index (χ4v) is 3.39. The van der Waals surface area contributed by atoms with E-state index in [2.05, 4.69) is 15.9 Å². The summed E-state index contributed by atoms with van der Waals surface area (Å²) in [6.45, 7) is 0.608. The third-order valence-corrected chi connectivity index (χ3v) is 4.41. The number of rotatable bonds is 3. The summed E-state index contributed by atoms with van der Waals surface area (Å²) < 4.78 is 34.0. The van der Waals surface area contributed by atoms with Gasteiger partial charge >= 0.3 is 0 Å². The summed E-state index contributed by atoms with van der Waals surface area (Å²) in [6.07, 6.45) is 0.895. The van der Waals surface area contributed by atoms with Gasteiger partial charge in [-0.15, -0.1) is 11.6 Å². The molecule has 0 N–H and O–H groups in total. The summed E-state index contributed by atoms with van der Waals surface area (Å²) in [5.41, 5.74) is 1.84. The Labute approximate surface area is 135 Å². The molecule has 0 bridgehead atoms. The van der Waals surface area contributed by atoms with Crippen molar-refractivity contribution in [3.8, 4) is 5.75 Å². The molecule has 0 spiro atoms. The number of halogens is 4. The van der Waals surface area contributed by atoms with Crippen molar-refractivity contribution in [3.63, 3.8) is 0 Å². The lowest BCUT2D eigenvalue weighted by molar-refractivity contribution is 0.353. The van der Waals surface area contributed by atoms with Gasteiger partial charge in [0.25, 0.3) is 0 Å². The third-order valence-electron chi connectivity index (χ3n) is 3.56. The Hall–Kier alpha value is -1.13. The minimum absolute atomic E-state index is 0.00391. The second-order valence-electron chi connectivity index (χ2n) is 4.95. The van der Waals surface area contributed by atoms with Crippen molar-refractivity contribution in [2.75, 3.05) is 6.61 Å². The van der Waals surface area contributed by atoms with Gasteiger partial charge in [0.2, 0.25) is 0 Å². The second kappa shape index (κ2) is 5.93. The summed E-state index contributed by atoms with van der Waals surface area (Å²) in [4.78, 5) is 0. The van der Waals surface area contributed by atoms with Gasteiger partial charge in [-0.05, 0) is 36.2 Å². The van der Waals surface area contributed by atoms with Crippen LogP contribution in [0.4, 0.5) is 8.78 Å². The first-order valence-electron chi connectivity index (χ1n) is 6.58. The second-order valence-corrected chi connectivity index (χ2v) is 6.40. The molecule has 1 unspecified atom stereocenters. The Morgan fingerprint density at radius 3 is 2.67 bits per heavy atom. The van der Waals surface area contributed by atoms with E-state index in [4.69, 9.17) is 16.3 Å². The van der Waals surface area contributed by atoms with E-state index < -0.39 is 17.0 Å². The Morgan fingerprint density at radius 2 is 1.95 bits per heavy atom. The Balaban J connectivity index is 1.95. The van der Waals surface area contributed by atoms with E-state index in [1.54, 1.807) is 0 Å². The number of hydrogen-bond acceptors (Lipinski definition) is 1. The maximum absolute atomic E-state index is 13.7. The number of fused-ring (bicyclic) bond motifs is 1. The van der Waals surface area contributed by atoms with E-state index >= 15 is 0 Å². The first-order valence-corrected chi connectivity index (χ1v) is 7.81. The van der Waals surface area contributed by atoms with Crippen LogP contribution in [0.1, 0.15) is 22.1 Å². The molecule has 1 aliphatic heterocycles. The van der Waals surface area contributed by atoms with Crippen molar-refractivity contribution < 1.29 is 13.5 Å². The van der Waals surface area contributed by atoms with E-state index in [1.165, 1.54) is 18.2 Å². The standard InChI is InChI=1S/C16H12BrClF2O/c17-10-6-9-4-5-21-16(9)11(7-10)13(18)8-12-14(19)2-1-3-15(12)20/h1-3,6-7,13H,4-5,8H2. The van der Waals surface area contributed by atoms with Gasteiger partial charge in [0.15, 0.2) is 0 Å². The van der Waals surface area contributed by atoms with E-state index in [0.29, 0.717) is 6.61 Å². The zero-order valence-corrected chi connectivity index (χ0v) is 13.3. The predicted octanol–water partition coefficient (Wildman–Crippen LogP) is 5.18. The first kappa shape index (κ1) is 14.8. The number of ether oxygens (including phenoxy) is 1. The largest absolute Gasteiger partial charge is 0.493 e. The summed E-state index contributed by atoms with van der Waals surface area (Å²) >= 11 is 9.84. The molecule has 2 aromatic rings. The van der Waals surface area contributed by atoms with Crippen LogP contribution in [0, 0.1) is 11.6 Å². The molecular weight excluding hydrogens is 362 g/mol. The van der Waals surface area contributed by atoms with Crippen molar-refractivity contribution in [2.24, 2.45) is 0 Å². The molecule has 110 valence electrons. The average Bonchev–Trinajstić information content (AvgIpc) is 2.90. The van der Waals surface area contributed by atoms with Crippen molar-refractivity contribution in [3.05, 3.63) is 63.1 Å². The van der Waals surface area contributed by atoms with E-state index in [1.807, 2.05) is 12.1 Å². The lowest BCUT2D eigenvalue weighted by Crippen LogP contribution is -2.03. The summed E-state index contributed by atoms with van der Waals surface area (Å²) in [5, 5.41) is -0.555. The lowest BCUT2D eigenvalue weighted by Gasteiger charge is -2.15. The van der Waals surface area contributed by atoms with Crippen molar-refractivity contribution >= 4 is 27.5 Å². The Morgan fingerprint density at radius 1 is 1.24 bits per heavy atom. The summed E-state index contributed by atoms with van der Waals surface area (Å²) in [7, 11) is 0. The van der Waals surface area contributed by atoms with Gasteiger partial charge in [-0.3, -0.25) is 0 Å². The number of benzene rings is 2. The van der Waals surface area contributed by atoms with Crippen LogP contribution in [0.25, 0.3) is 0 Å².